The Morgan fingerprint density at radius 1 is 1.21 bits per heavy atom. The van der Waals surface area contributed by atoms with Crippen LogP contribution in [0.4, 0.5) is 5.69 Å². The fourth-order valence-electron chi connectivity index (χ4n) is 2.20. The second-order valence-corrected chi connectivity index (χ2v) is 5.26. The van der Waals surface area contributed by atoms with E-state index >= 15 is 0 Å². The molecule has 0 radical (unpaired) electrons. The van der Waals surface area contributed by atoms with Crippen molar-refractivity contribution in [2.45, 2.75) is 45.7 Å². The minimum Gasteiger partial charge on any atom is -0.396 e. The van der Waals surface area contributed by atoms with Crippen LogP contribution in [0.1, 0.15) is 45.2 Å². The van der Waals surface area contributed by atoms with Crippen molar-refractivity contribution in [2.75, 3.05) is 25.1 Å². The van der Waals surface area contributed by atoms with Crippen LogP contribution in [0.5, 0.6) is 0 Å². The molecule has 2 atom stereocenters. The first kappa shape index (κ1) is 16.0. The van der Waals surface area contributed by atoms with Gasteiger partial charge in [0.15, 0.2) is 0 Å². The van der Waals surface area contributed by atoms with E-state index in [2.05, 4.69) is 62.3 Å². The van der Waals surface area contributed by atoms with Crippen molar-refractivity contribution in [2.24, 2.45) is 0 Å². The average Bonchev–Trinajstić information content (AvgIpc) is 2.44. The van der Waals surface area contributed by atoms with Crippen LogP contribution in [-0.4, -0.2) is 31.3 Å². The number of aliphatic hydroxyl groups excluding tert-OH is 1. The summed E-state index contributed by atoms with van der Waals surface area (Å²) in [7, 11) is 2.10. The quantitative estimate of drug-likeness (QED) is 0.758. The van der Waals surface area contributed by atoms with Crippen LogP contribution >= 0.6 is 0 Å². The van der Waals surface area contributed by atoms with E-state index in [0.29, 0.717) is 12.1 Å². The molecule has 0 heterocycles. The highest BCUT2D eigenvalue weighted by Gasteiger charge is 2.09. The Hall–Kier alpha value is -1.06. The van der Waals surface area contributed by atoms with Gasteiger partial charge in [-0.15, -0.1) is 0 Å². The highest BCUT2D eigenvalue weighted by Crippen LogP contribution is 2.19. The maximum atomic E-state index is 8.84. The summed E-state index contributed by atoms with van der Waals surface area (Å²) in [6.07, 6.45) is 1.87. The number of aliphatic hydroxyl groups is 1. The molecule has 2 unspecified atom stereocenters. The van der Waals surface area contributed by atoms with Gasteiger partial charge in [0.1, 0.15) is 0 Å². The van der Waals surface area contributed by atoms with Crippen LogP contribution in [0.25, 0.3) is 0 Å². The Morgan fingerprint density at radius 3 is 2.37 bits per heavy atom. The molecule has 108 valence electrons. The first-order valence-electron chi connectivity index (χ1n) is 7.26. The summed E-state index contributed by atoms with van der Waals surface area (Å²) < 4.78 is 0. The largest absolute Gasteiger partial charge is 0.396 e. The second kappa shape index (κ2) is 8.18. The SMILES string of the molecule is CCN(C)c1ccc(C(C)NC(C)CCCO)cc1. The van der Waals surface area contributed by atoms with E-state index in [1.807, 2.05) is 0 Å². The van der Waals surface area contributed by atoms with Crippen molar-refractivity contribution < 1.29 is 5.11 Å². The van der Waals surface area contributed by atoms with E-state index in [1.54, 1.807) is 0 Å². The summed E-state index contributed by atoms with van der Waals surface area (Å²) >= 11 is 0. The van der Waals surface area contributed by atoms with E-state index in [1.165, 1.54) is 11.3 Å². The van der Waals surface area contributed by atoms with Crippen LogP contribution in [0.2, 0.25) is 0 Å². The van der Waals surface area contributed by atoms with Crippen LogP contribution in [0.3, 0.4) is 0 Å². The fraction of sp³-hybridized carbons (Fsp3) is 0.625. The van der Waals surface area contributed by atoms with Crippen molar-refractivity contribution in [3.8, 4) is 0 Å². The van der Waals surface area contributed by atoms with Gasteiger partial charge in [0.05, 0.1) is 0 Å². The molecule has 0 amide bonds. The van der Waals surface area contributed by atoms with Crippen LogP contribution in [0, 0.1) is 0 Å². The summed E-state index contributed by atoms with van der Waals surface area (Å²) in [5, 5.41) is 12.4. The molecule has 0 aliphatic heterocycles. The topological polar surface area (TPSA) is 35.5 Å². The van der Waals surface area contributed by atoms with Gasteiger partial charge in [-0.1, -0.05) is 12.1 Å². The average molecular weight is 264 g/mol. The number of rotatable bonds is 8. The van der Waals surface area contributed by atoms with Gasteiger partial charge < -0.3 is 15.3 Å². The lowest BCUT2D eigenvalue weighted by atomic mass is 10.1. The van der Waals surface area contributed by atoms with Crippen LogP contribution in [0.15, 0.2) is 24.3 Å². The molecular formula is C16H28N2O. The third kappa shape index (κ3) is 5.21. The molecule has 3 heteroatoms. The van der Waals surface area contributed by atoms with Gasteiger partial charge in [0, 0.05) is 38.0 Å². The Morgan fingerprint density at radius 2 is 1.84 bits per heavy atom. The molecule has 0 spiro atoms. The van der Waals surface area contributed by atoms with Gasteiger partial charge >= 0.3 is 0 Å². The van der Waals surface area contributed by atoms with Gasteiger partial charge in [0.2, 0.25) is 0 Å². The summed E-state index contributed by atoms with van der Waals surface area (Å²) in [4.78, 5) is 2.23. The fourth-order valence-corrected chi connectivity index (χ4v) is 2.20. The Kier molecular flexibility index (Phi) is 6.89. The molecule has 0 aliphatic carbocycles. The standard InChI is InChI=1S/C16H28N2O/c1-5-18(4)16-10-8-15(9-11-16)14(3)17-13(2)7-6-12-19/h8-11,13-14,17,19H,5-7,12H2,1-4H3. The van der Waals surface area contributed by atoms with E-state index in [4.69, 9.17) is 5.11 Å². The lowest BCUT2D eigenvalue weighted by Gasteiger charge is -2.22. The molecule has 1 aromatic carbocycles. The van der Waals surface area contributed by atoms with Crippen molar-refractivity contribution in [1.29, 1.82) is 0 Å². The number of nitrogens with zero attached hydrogens (tertiary/aromatic N) is 1. The first-order chi connectivity index (χ1) is 9.08. The molecule has 1 rings (SSSR count). The number of nitrogens with one attached hydrogen (secondary N) is 1. The van der Waals surface area contributed by atoms with E-state index in [9.17, 15) is 0 Å². The predicted molar refractivity (Wildman–Crippen MR) is 82.7 cm³/mol. The molecule has 19 heavy (non-hydrogen) atoms. The number of anilines is 1. The Bertz CT molecular complexity index is 350. The molecular weight excluding hydrogens is 236 g/mol. The summed E-state index contributed by atoms with van der Waals surface area (Å²) in [6.45, 7) is 7.81. The van der Waals surface area contributed by atoms with E-state index < -0.39 is 0 Å². The molecule has 3 nitrogen and oxygen atoms in total. The summed E-state index contributed by atoms with van der Waals surface area (Å²) in [6, 6.07) is 9.51. The Balaban J connectivity index is 2.55. The molecule has 2 N–H and O–H groups in total. The van der Waals surface area contributed by atoms with E-state index in [-0.39, 0.29) is 6.61 Å². The van der Waals surface area contributed by atoms with Gasteiger partial charge in [0.25, 0.3) is 0 Å². The lowest BCUT2D eigenvalue weighted by molar-refractivity contribution is 0.274. The van der Waals surface area contributed by atoms with E-state index in [0.717, 1.165) is 19.4 Å². The van der Waals surface area contributed by atoms with Gasteiger partial charge in [-0.3, -0.25) is 0 Å². The maximum absolute atomic E-state index is 8.84. The zero-order chi connectivity index (χ0) is 14.3. The molecule has 0 aromatic heterocycles. The number of hydrogen-bond donors (Lipinski definition) is 2. The summed E-state index contributed by atoms with van der Waals surface area (Å²) in [5.74, 6) is 0. The second-order valence-electron chi connectivity index (χ2n) is 5.26. The van der Waals surface area contributed by atoms with Gasteiger partial charge in [-0.25, -0.2) is 0 Å². The normalized spacial score (nSPS) is 14.2. The van der Waals surface area contributed by atoms with Crippen molar-refractivity contribution >= 4 is 5.69 Å². The molecule has 0 bridgehead atoms. The zero-order valence-corrected chi connectivity index (χ0v) is 12.7. The molecule has 0 saturated carbocycles. The lowest BCUT2D eigenvalue weighted by Crippen LogP contribution is -2.29. The third-order valence-corrected chi connectivity index (χ3v) is 3.64. The maximum Gasteiger partial charge on any atom is 0.0431 e. The highest BCUT2D eigenvalue weighted by atomic mass is 16.2. The molecule has 1 aromatic rings. The zero-order valence-electron chi connectivity index (χ0n) is 12.7. The molecule has 0 fully saturated rings. The van der Waals surface area contributed by atoms with Crippen molar-refractivity contribution in [1.82, 2.24) is 5.32 Å². The van der Waals surface area contributed by atoms with Gasteiger partial charge in [-0.2, -0.15) is 0 Å². The van der Waals surface area contributed by atoms with Gasteiger partial charge in [-0.05, 0) is 51.3 Å². The van der Waals surface area contributed by atoms with Crippen molar-refractivity contribution in [3.05, 3.63) is 29.8 Å². The third-order valence-electron chi connectivity index (χ3n) is 3.64. The molecule has 0 saturated heterocycles. The minimum absolute atomic E-state index is 0.276. The first-order valence-corrected chi connectivity index (χ1v) is 7.26. The number of benzene rings is 1. The van der Waals surface area contributed by atoms with Crippen LogP contribution < -0.4 is 10.2 Å². The minimum atomic E-state index is 0.276. The predicted octanol–water partition coefficient (Wildman–Crippen LogP) is 2.95. The molecule has 0 aliphatic rings. The van der Waals surface area contributed by atoms with Crippen LogP contribution in [-0.2, 0) is 0 Å². The number of hydrogen-bond acceptors (Lipinski definition) is 3. The monoisotopic (exact) mass is 264 g/mol. The highest BCUT2D eigenvalue weighted by molar-refractivity contribution is 5.47. The van der Waals surface area contributed by atoms with Crippen molar-refractivity contribution in [3.63, 3.8) is 0 Å². The Labute approximate surface area is 117 Å². The summed E-state index contributed by atoms with van der Waals surface area (Å²) in [5.41, 5.74) is 2.57. The smallest absolute Gasteiger partial charge is 0.0431 e.